The molecule has 1 heterocycles. The lowest BCUT2D eigenvalue weighted by atomic mass is 9.77. The lowest BCUT2D eigenvalue weighted by Crippen LogP contribution is -2.23. The number of rotatable bonds is 2. The van der Waals surface area contributed by atoms with Crippen molar-refractivity contribution in [1.29, 1.82) is 5.26 Å². The Bertz CT molecular complexity index is 1080. The van der Waals surface area contributed by atoms with Gasteiger partial charge in [-0.3, -0.25) is 0 Å². The molecule has 2 N–H and O–H groups in total. The van der Waals surface area contributed by atoms with Crippen LogP contribution in [0.4, 0.5) is 8.78 Å². The molecule has 1 aliphatic carbocycles. The molecule has 4 rings (SSSR count). The summed E-state index contributed by atoms with van der Waals surface area (Å²) in [5.74, 6) is -0.481. The molecule has 1 unspecified atom stereocenters. The Morgan fingerprint density at radius 3 is 2.54 bits per heavy atom. The van der Waals surface area contributed by atoms with E-state index < -0.39 is 5.92 Å². The highest BCUT2D eigenvalue weighted by Crippen LogP contribution is 2.46. The van der Waals surface area contributed by atoms with Gasteiger partial charge in [-0.1, -0.05) is 24.3 Å². The highest BCUT2D eigenvalue weighted by molar-refractivity contribution is 5.62. The van der Waals surface area contributed by atoms with Crippen LogP contribution >= 0.6 is 0 Å². The zero-order valence-corrected chi connectivity index (χ0v) is 15.1. The topological polar surface area (TPSA) is 59.0 Å². The van der Waals surface area contributed by atoms with Crippen molar-refractivity contribution in [3.63, 3.8) is 0 Å². The summed E-state index contributed by atoms with van der Waals surface area (Å²) >= 11 is 0. The number of allylic oxidation sites excluding steroid dienone is 3. The lowest BCUT2D eigenvalue weighted by Gasteiger charge is -2.33. The molecular weight excluding hydrogens is 358 g/mol. The molecule has 0 radical (unpaired) electrons. The summed E-state index contributed by atoms with van der Waals surface area (Å²) < 4.78 is 33.3. The quantitative estimate of drug-likeness (QED) is 0.774. The maximum absolute atomic E-state index is 13.9. The average Bonchev–Trinajstić information content (AvgIpc) is 2.67. The van der Waals surface area contributed by atoms with E-state index in [4.69, 9.17) is 10.5 Å². The average molecular weight is 376 g/mol. The standard InChI is InChI=1S/C23H18F2N2O/c24-17-7-1-4-14(11-17)10-16-6-3-9-19-21(15-5-2-8-18(25)12-15)20(13-26)23(27)28-22(16)19/h1-2,4-5,7-8,10-12,21H,3,6,9,27H2/b16-10+. The summed E-state index contributed by atoms with van der Waals surface area (Å²) in [6.45, 7) is 0. The highest BCUT2D eigenvalue weighted by Gasteiger charge is 2.35. The third kappa shape index (κ3) is 3.29. The predicted molar refractivity (Wildman–Crippen MR) is 102 cm³/mol. The van der Waals surface area contributed by atoms with Gasteiger partial charge in [-0.15, -0.1) is 0 Å². The van der Waals surface area contributed by atoms with Crippen molar-refractivity contribution in [1.82, 2.24) is 0 Å². The van der Waals surface area contributed by atoms with Crippen molar-refractivity contribution < 1.29 is 13.5 Å². The number of ether oxygens (including phenoxy) is 1. The largest absolute Gasteiger partial charge is 0.440 e. The Morgan fingerprint density at radius 2 is 1.82 bits per heavy atom. The van der Waals surface area contributed by atoms with Crippen molar-refractivity contribution in [2.45, 2.75) is 25.2 Å². The van der Waals surface area contributed by atoms with Gasteiger partial charge >= 0.3 is 0 Å². The first-order valence-corrected chi connectivity index (χ1v) is 9.09. The van der Waals surface area contributed by atoms with Gasteiger partial charge < -0.3 is 10.5 Å². The van der Waals surface area contributed by atoms with E-state index in [0.717, 1.165) is 36.0 Å². The van der Waals surface area contributed by atoms with Crippen LogP contribution in [-0.4, -0.2) is 0 Å². The van der Waals surface area contributed by atoms with Gasteiger partial charge in [0, 0.05) is 5.92 Å². The van der Waals surface area contributed by atoms with Crippen LogP contribution in [0.25, 0.3) is 6.08 Å². The second-order valence-corrected chi connectivity index (χ2v) is 6.91. The SMILES string of the molecule is N#CC1=C(N)OC2=C(CCC/C2=C\c2cccc(F)c2)C1c1cccc(F)c1. The second-order valence-electron chi connectivity index (χ2n) is 6.91. The molecule has 140 valence electrons. The van der Waals surface area contributed by atoms with Crippen LogP contribution < -0.4 is 5.73 Å². The molecule has 0 saturated heterocycles. The molecule has 0 bridgehead atoms. The molecule has 0 aromatic heterocycles. The molecule has 5 heteroatoms. The summed E-state index contributed by atoms with van der Waals surface area (Å²) in [6.07, 6.45) is 4.20. The first-order chi connectivity index (χ1) is 13.6. The van der Waals surface area contributed by atoms with Gasteiger partial charge in [0.1, 0.15) is 29.0 Å². The summed E-state index contributed by atoms with van der Waals surface area (Å²) in [5.41, 5.74) is 9.55. The van der Waals surface area contributed by atoms with Crippen LogP contribution in [0.2, 0.25) is 0 Å². The van der Waals surface area contributed by atoms with Crippen LogP contribution in [0.15, 0.2) is 76.9 Å². The Hall–Kier alpha value is -3.39. The Morgan fingerprint density at radius 1 is 1.07 bits per heavy atom. The monoisotopic (exact) mass is 376 g/mol. The molecule has 2 aliphatic rings. The minimum absolute atomic E-state index is 0.0301. The maximum Gasteiger partial charge on any atom is 0.205 e. The smallest absolute Gasteiger partial charge is 0.205 e. The van der Waals surface area contributed by atoms with Crippen molar-refractivity contribution in [3.05, 3.63) is 99.7 Å². The number of hydrogen-bond acceptors (Lipinski definition) is 3. The zero-order valence-electron chi connectivity index (χ0n) is 15.1. The van der Waals surface area contributed by atoms with Crippen molar-refractivity contribution in [2.75, 3.05) is 0 Å². The van der Waals surface area contributed by atoms with Crippen molar-refractivity contribution in [3.8, 4) is 6.07 Å². The lowest BCUT2D eigenvalue weighted by molar-refractivity contribution is 0.277. The Kier molecular flexibility index (Phi) is 4.70. The fourth-order valence-electron chi connectivity index (χ4n) is 3.90. The number of nitrogens with two attached hydrogens (primary N) is 1. The van der Waals surface area contributed by atoms with E-state index in [1.54, 1.807) is 18.2 Å². The van der Waals surface area contributed by atoms with E-state index in [2.05, 4.69) is 6.07 Å². The first-order valence-electron chi connectivity index (χ1n) is 9.09. The van der Waals surface area contributed by atoms with Gasteiger partial charge in [0.2, 0.25) is 5.88 Å². The summed E-state index contributed by atoms with van der Waals surface area (Å²) in [6, 6.07) is 14.7. The highest BCUT2D eigenvalue weighted by atomic mass is 19.1. The molecule has 3 nitrogen and oxygen atoms in total. The molecule has 2 aromatic rings. The van der Waals surface area contributed by atoms with Gasteiger partial charge in [-0.05, 0) is 71.9 Å². The Balaban J connectivity index is 1.85. The molecule has 0 saturated carbocycles. The third-order valence-electron chi connectivity index (χ3n) is 5.08. The molecule has 28 heavy (non-hydrogen) atoms. The minimum atomic E-state index is -0.444. The van der Waals surface area contributed by atoms with Crippen LogP contribution in [0, 0.1) is 23.0 Å². The normalized spacial score (nSPS) is 20.6. The molecule has 1 atom stereocenters. The van der Waals surface area contributed by atoms with E-state index in [1.807, 2.05) is 12.1 Å². The number of nitrogens with zero attached hydrogens (tertiary/aromatic N) is 1. The van der Waals surface area contributed by atoms with E-state index in [-0.39, 0.29) is 23.1 Å². The van der Waals surface area contributed by atoms with Gasteiger partial charge in [0.15, 0.2) is 0 Å². The molecule has 1 aliphatic heterocycles. The van der Waals surface area contributed by atoms with Gasteiger partial charge in [0.05, 0.1) is 0 Å². The third-order valence-corrected chi connectivity index (χ3v) is 5.08. The molecule has 0 amide bonds. The van der Waals surface area contributed by atoms with E-state index >= 15 is 0 Å². The number of halogens is 2. The van der Waals surface area contributed by atoms with Gasteiger partial charge in [-0.2, -0.15) is 5.26 Å². The van der Waals surface area contributed by atoms with Gasteiger partial charge in [0.25, 0.3) is 0 Å². The van der Waals surface area contributed by atoms with Crippen LogP contribution in [0.5, 0.6) is 0 Å². The fraction of sp³-hybridized carbons (Fsp3) is 0.174. The minimum Gasteiger partial charge on any atom is -0.440 e. The second kappa shape index (κ2) is 7.32. The number of nitriles is 1. The van der Waals surface area contributed by atoms with Crippen molar-refractivity contribution >= 4 is 6.08 Å². The summed E-state index contributed by atoms with van der Waals surface area (Å²) in [4.78, 5) is 0. The van der Waals surface area contributed by atoms with E-state index in [9.17, 15) is 14.0 Å². The van der Waals surface area contributed by atoms with Crippen LogP contribution in [0.1, 0.15) is 36.3 Å². The molecule has 0 spiro atoms. The fourth-order valence-corrected chi connectivity index (χ4v) is 3.90. The number of benzene rings is 2. The van der Waals surface area contributed by atoms with E-state index in [1.165, 1.54) is 24.3 Å². The molecule has 0 fully saturated rings. The molecule has 2 aromatic carbocycles. The molecular formula is C23H18F2N2O. The van der Waals surface area contributed by atoms with E-state index in [0.29, 0.717) is 11.3 Å². The first kappa shape index (κ1) is 18.0. The summed E-state index contributed by atoms with van der Waals surface area (Å²) in [7, 11) is 0. The van der Waals surface area contributed by atoms with Crippen LogP contribution in [0.3, 0.4) is 0 Å². The number of hydrogen-bond donors (Lipinski definition) is 1. The van der Waals surface area contributed by atoms with Crippen LogP contribution in [-0.2, 0) is 4.74 Å². The van der Waals surface area contributed by atoms with Crippen molar-refractivity contribution in [2.24, 2.45) is 5.73 Å². The zero-order chi connectivity index (χ0) is 19.7. The predicted octanol–water partition coefficient (Wildman–Crippen LogP) is 5.29. The van der Waals surface area contributed by atoms with Gasteiger partial charge in [-0.25, -0.2) is 8.78 Å². The Labute approximate surface area is 162 Å². The maximum atomic E-state index is 13.9. The summed E-state index contributed by atoms with van der Waals surface area (Å²) in [5, 5.41) is 9.64.